The minimum Gasteiger partial charge on any atom is -0.197 e. The Morgan fingerprint density at radius 2 is 1.25 bits per heavy atom. The van der Waals surface area contributed by atoms with E-state index in [9.17, 15) is 0 Å². The Hall–Kier alpha value is -1.07. The topological polar surface area (TPSA) is 63.7 Å². The first-order valence-corrected chi connectivity index (χ1v) is 7.02. The fourth-order valence-corrected chi connectivity index (χ4v) is 2.39. The number of hydrogen-bond acceptors (Lipinski definition) is 5. The fourth-order valence-electron chi connectivity index (χ4n) is 2.39. The molecule has 2 rings (SSSR count). The average Bonchev–Trinajstić information content (AvgIpc) is 3.09. The van der Waals surface area contributed by atoms with Crippen molar-refractivity contribution in [3.8, 4) is 0 Å². The van der Waals surface area contributed by atoms with Crippen LogP contribution < -0.4 is 0 Å². The number of hydrogen-bond donors (Lipinski definition) is 0. The summed E-state index contributed by atoms with van der Waals surface area (Å²) in [4.78, 5) is 10.1. The zero-order valence-electron chi connectivity index (χ0n) is 13.7. The second-order valence-corrected chi connectivity index (χ2v) is 8.11. The van der Waals surface area contributed by atoms with Crippen molar-refractivity contribution in [3.63, 3.8) is 0 Å². The Bertz CT molecular complexity index is 509. The van der Waals surface area contributed by atoms with Gasteiger partial charge in [0.1, 0.15) is 0 Å². The van der Waals surface area contributed by atoms with Crippen LogP contribution in [0.3, 0.4) is 0 Å². The molecule has 1 fully saturated rings. The normalized spacial score (nSPS) is 17.4. The van der Waals surface area contributed by atoms with Gasteiger partial charge in [0.2, 0.25) is 6.29 Å². The van der Waals surface area contributed by atoms with Crippen molar-refractivity contribution in [3.05, 3.63) is 17.0 Å². The van der Waals surface area contributed by atoms with Crippen LogP contribution in [0.2, 0.25) is 0 Å². The zero-order valence-corrected chi connectivity index (χ0v) is 13.7. The first-order chi connectivity index (χ1) is 8.95. The van der Waals surface area contributed by atoms with Gasteiger partial charge in [-0.05, 0) is 24.5 Å². The molecular weight excluding hydrogens is 254 g/mol. The maximum atomic E-state index is 5.03. The van der Waals surface area contributed by atoms with Crippen molar-refractivity contribution in [2.75, 3.05) is 0 Å². The summed E-state index contributed by atoms with van der Waals surface area (Å²) in [5.74, 6) is 0. The van der Waals surface area contributed by atoms with Crippen LogP contribution in [0.25, 0.3) is 0 Å². The van der Waals surface area contributed by atoms with Crippen LogP contribution in [-0.4, -0.2) is 21.7 Å². The lowest BCUT2D eigenvalue weighted by Crippen LogP contribution is -2.35. The van der Waals surface area contributed by atoms with Crippen molar-refractivity contribution < 1.29 is 9.78 Å². The Labute approximate surface area is 121 Å². The van der Waals surface area contributed by atoms with Gasteiger partial charge in [-0.1, -0.05) is 41.5 Å². The molecule has 5 nitrogen and oxygen atoms in total. The first kappa shape index (κ1) is 15.3. The molecule has 0 aliphatic carbocycles. The third-order valence-electron chi connectivity index (χ3n) is 3.62. The SMILES string of the molecule is CC(C)(C)c1nnnc(C(C)(C)C2OO2)c1C(C)(C)C. The molecule has 0 atom stereocenters. The molecule has 0 N–H and O–H groups in total. The molecule has 20 heavy (non-hydrogen) atoms. The maximum Gasteiger partial charge on any atom is 0.235 e. The van der Waals surface area contributed by atoms with E-state index in [0.717, 1.165) is 17.0 Å². The van der Waals surface area contributed by atoms with Gasteiger partial charge < -0.3 is 0 Å². The van der Waals surface area contributed by atoms with Crippen molar-refractivity contribution in [2.45, 2.75) is 77.9 Å². The van der Waals surface area contributed by atoms with Gasteiger partial charge in [0.15, 0.2) is 0 Å². The smallest absolute Gasteiger partial charge is 0.197 e. The quantitative estimate of drug-likeness (QED) is 0.615. The van der Waals surface area contributed by atoms with E-state index in [2.05, 4.69) is 70.8 Å². The highest BCUT2D eigenvalue weighted by Gasteiger charge is 2.48. The van der Waals surface area contributed by atoms with Gasteiger partial charge in [-0.2, -0.15) is 9.78 Å². The summed E-state index contributed by atoms with van der Waals surface area (Å²) in [7, 11) is 0. The number of aromatic nitrogens is 3. The lowest BCUT2D eigenvalue weighted by molar-refractivity contribution is 0.0850. The van der Waals surface area contributed by atoms with Crippen molar-refractivity contribution in [1.29, 1.82) is 0 Å². The molecule has 0 saturated carbocycles. The lowest BCUT2D eigenvalue weighted by Gasteiger charge is -2.33. The van der Waals surface area contributed by atoms with Crippen molar-refractivity contribution in [1.82, 2.24) is 15.4 Å². The van der Waals surface area contributed by atoms with Gasteiger partial charge in [-0.25, -0.2) is 0 Å². The van der Waals surface area contributed by atoms with Crippen LogP contribution in [0.5, 0.6) is 0 Å². The van der Waals surface area contributed by atoms with E-state index in [1.54, 1.807) is 0 Å². The summed E-state index contributed by atoms with van der Waals surface area (Å²) in [6.45, 7) is 17.1. The maximum absolute atomic E-state index is 5.03. The number of rotatable bonds is 2. The van der Waals surface area contributed by atoms with Gasteiger partial charge >= 0.3 is 0 Å². The molecule has 1 aromatic heterocycles. The van der Waals surface area contributed by atoms with E-state index in [1.807, 2.05) is 0 Å². The molecule has 0 bridgehead atoms. The predicted octanol–water partition coefficient (Wildman–Crippen LogP) is 3.03. The van der Waals surface area contributed by atoms with Gasteiger partial charge in [0, 0.05) is 11.0 Å². The van der Waals surface area contributed by atoms with Gasteiger partial charge in [-0.15, -0.1) is 10.2 Å². The molecule has 1 aliphatic heterocycles. The van der Waals surface area contributed by atoms with Crippen LogP contribution in [0.4, 0.5) is 0 Å². The lowest BCUT2D eigenvalue weighted by atomic mass is 9.73. The summed E-state index contributed by atoms with van der Waals surface area (Å²) in [6.07, 6.45) is -0.256. The molecular formula is C15H25N3O2. The Morgan fingerprint density at radius 3 is 1.65 bits per heavy atom. The molecule has 0 amide bonds. The van der Waals surface area contributed by atoms with Crippen LogP contribution in [0, 0.1) is 0 Å². The van der Waals surface area contributed by atoms with E-state index >= 15 is 0 Å². The molecule has 112 valence electrons. The average molecular weight is 279 g/mol. The minimum atomic E-state index is -0.349. The molecule has 1 aliphatic rings. The molecule has 0 unspecified atom stereocenters. The van der Waals surface area contributed by atoms with E-state index in [0.29, 0.717) is 0 Å². The van der Waals surface area contributed by atoms with Crippen LogP contribution in [0.1, 0.15) is 72.3 Å². The summed E-state index contributed by atoms with van der Waals surface area (Å²) in [6, 6.07) is 0. The molecule has 0 aromatic carbocycles. The van der Waals surface area contributed by atoms with Gasteiger partial charge in [-0.3, -0.25) is 0 Å². The van der Waals surface area contributed by atoms with E-state index in [-0.39, 0.29) is 22.5 Å². The number of nitrogens with zero attached hydrogens (tertiary/aromatic N) is 3. The summed E-state index contributed by atoms with van der Waals surface area (Å²) in [5.41, 5.74) is 2.53. The first-order valence-electron chi connectivity index (χ1n) is 7.02. The Balaban J connectivity index is 2.69. The monoisotopic (exact) mass is 279 g/mol. The predicted molar refractivity (Wildman–Crippen MR) is 76.2 cm³/mol. The van der Waals surface area contributed by atoms with E-state index in [1.165, 1.54) is 0 Å². The second kappa shape index (κ2) is 4.46. The van der Waals surface area contributed by atoms with E-state index < -0.39 is 0 Å². The Kier molecular flexibility index (Phi) is 3.42. The van der Waals surface area contributed by atoms with Crippen molar-refractivity contribution in [2.24, 2.45) is 0 Å². The van der Waals surface area contributed by atoms with E-state index in [4.69, 9.17) is 9.78 Å². The van der Waals surface area contributed by atoms with Gasteiger partial charge in [0.25, 0.3) is 0 Å². The molecule has 1 saturated heterocycles. The summed E-state index contributed by atoms with van der Waals surface area (Å²) < 4.78 is 0. The highest BCUT2D eigenvalue weighted by molar-refractivity contribution is 5.38. The molecule has 5 heteroatoms. The third kappa shape index (κ3) is 2.69. The fraction of sp³-hybridized carbons (Fsp3) is 0.800. The second-order valence-electron chi connectivity index (χ2n) is 8.11. The van der Waals surface area contributed by atoms with Crippen LogP contribution in [0.15, 0.2) is 0 Å². The molecule has 2 heterocycles. The highest BCUT2D eigenvalue weighted by atomic mass is 17.4. The van der Waals surface area contributed by atoms with Crippen LogP contribution >= 0.6 is 0 Å². The molecule has 1 aromatic rings. The zero-order chi connectivity index (χ0) is 15.3. The standard InChI is InChI=1S/C15H25N3O2/c1-13(2,3)9-10(14(4,5)6)16-18-17-11(9)15(7,8)12-19-20-12/h12H,1-8H3. The molecule has 0 radical (unpaired) electrons. The summed E-state index contributed by atoms with van der Waals surface area (Å²) >= 11 is 0. The summed E-state index contributed by atoms with van der Waals surface area (Å²) in [5, 5.41) is 12.6. The molecule has 0 spiro atoms. The third-order valence-corrected chi connectivity index (χ3v) is 3.62. The minimum absolute atomic E-state index is 0.0763. The van der Waals surface area contributed by atoms with Gasteiger partial charge in [0.05, 0.1) is 16.8 Å². The van der Waals surface area contributed by atoms with Crippen molar-refractivity contribution >= 4 is 0 Å². The highest BCUT2D eigenvalue weighted by Crippen LogP contribution is 2.42. The van der Waals surface area contributed by atoms with Crippen LogP contribution in [-0.2, 0) is 26.0 Å². The Morgan fingerprint density at radius 1 is 0.750 bits per heavy atom. The largest absolute Gasteiger partial charge is 0.235 e.